The molecule has 2 aliphatic rings. The summed E-state index contributed by atoms with van der Waals surface area (Å²) in [6, 6.07) is 10.8. The lowest BCUT2D eigenvalue weighted by Crippen LogP contribution is -2.32. The lowest BCUT2D eigenvalue weighted by Gasteiger charge is -2.40. The van der Waals surface area contributed by atoms with Gasteiger partial charge in [0, 0.05) is 33.1 Å². The molecule has 3 aromatic rings. The van der Waals surface area contributed by atoms with Crippen LogP contribution >= 0.6 is 34.3 Å². The Morgan fingerprint density at radius 3 is 2.93 bits per heavy atom. The molecule has 1 aliphatic carbocycles. The number of thiazole rings is 1. The van der Waals surface area contributed by atoms with E-state index in [-0.39, 0.29) is 6.10 Å². The maximum Gasteiger partial charge on any atom is 0.183 e. The number of hydrogen-bond donors (Lipinski definition) is 1. The molecular formula is C21H21ClN2OS2. The first-order chi connectivity index (χ1) is 13.3. The Balaban J connectivity index is 1.46. The van der Waals surface area contributed by atoms with Crippen LogP contribution < -0.4 is 5.32 Å². The van der Waals surface area contributed by atoms with Crippen LogP contribution in [0.15, 0.2) is 41.9 Å². The zero-order chi connectivity index (χ0) is 18.2. The van der Waals surface area contributed by atoms with Crippen molar-refractivity contribution in [2.75, 3.05) is 5.32 Å². The van der Waals surface area contributed by atoms with Crippen molar-refractivity contribution < 1.29 is 4.74 Å². The van der Waals surface area contributed by atoms with Gasteiger partial charge >= 0.3 is 0 Å². The molecule has 0 bridgehead atoms. The van der Waals surface area contributed by atoms with Crippen LogP contribution in [-0.2, 0) is 11.3 Å². The summed E-state index contributed by atoms with van der Waals surface area (Å²) in [5.74, 6) is 0.587. The maximum atomic E-state index is 6.69. The van der Waals surface area contributed by atoms with Gasteiger partial charge < -0.3 is 10.1 Å². The van der Waals surface area contributed by atoms with Gasteiger partial charge in [0.05, 0.1) is 12.6 Å². The number of nitrogens with zero attached hydrogens (tertiary/aromatic N) is 1. The van der Waals surface area contributed by atoms with Crippen molar-refractivity contribution in [1.82, 2.24) is 4.98 Å². The van der Waals surface area contributed by atoms with E-state index < -0.39 is 0 Å². The van der Waals surface area contributed by atoms with Gasteiger partial charge in [-0.15, -0.1) is 22.7 Å². The second-order valence-electron chi connectivity index (χ2n) is 7.21. The molecular weight excluding hydrogens is 396 g/mol. The number of fused-ring (bicyclic) bond motifs is 3. The standard InChI is InChI=1S/C21H21ClN2OS2/c22-21-24-12-13(27-21)11-23-17-7-3-1-5-14(17)19-16-9-10-26-20(16)15-6-2-4-8-18(15)25-19/h1,3,5,7,9-10,12,15,18-19,23H,2,4,6,8,11H2. The number of rotatable bonds is 4. The molecule has 3 unspecified atom stereocenters. The van der Waals surface area contributed by atoms with Crippen molar-refractivity contribution in [3.63, 3.8) is 0 Å². The van der Waals surface area contributed by atoms with Gasteiger partial charge in [-0.3, -0.25) is 0 Å². The number of para-hydroxylation sites is 1. The third-order valence-electron chi connectivity index (χ3n) is 5.58. The Labute approximate surface area is 172 Å². The molecule has 0 spiro atoms. The van der Waals surface area contributed by atoms with E-state index in [0.717, 1.165) is 17.1 Å². The van der Waals surface area contributed by atoms with Crippen LogP contribution in [0.1, 0.15) is 58.6 Å². The molecule has 1 saturated carbocycles. The lowest BCUT2D eigenvalue weighted by molar-refractivity contribution is -0.0371. The molecule has 5 rings (SSSR count). The first-order valence-corrected chi connectivity index (χ1v) is 11.5. The Morgan fingerprint density at radius 1 is 1.15 bits per heavy atom. The smallest absolute Gasteiger partial charge is 0.183 e. The first-order valence-electron chi connectivity index (χ1n) is 9.45. The van der Waals surface area contributed by atoms with E-state index in [1.807, 2.05) is 17.5 Å². The maximum absolute atomic E-state index is 6.69. The van der Waals surface area contributed by atoms with Crippen LogP contribution in [0.2, 0.25) is 4.47 Å². The second-order valence-corrected chi connectivity index (χ2v) is 9.85. The van der Waals surface area contributed by atoms with Crippen molar-refractivity contribution >= 4 is 40.0 Å². The number of nitrogens with one attached hydrogen (secondary N) is 1. The summed E-state index contributed by atoms with van der Waals surface area (Å²) in [6.45, 7) is 0.719. The molecule has 1 aliphatic heterocycles. The summed E-state index contributed by atoms with van der Waals surface area (Å²) in [7, 11) is 0. The third-order valence-corrected chi connectivity index (χ3v) is 7.76. The predicted molar refractivity (Wildman–Crippen MR) is 113 cm³/mol. The lowest BCUT2D eigenvalue weighted by atomic mass is 9.80. The van der Waals surface area contributed by atoms with Crippen LogP contribution in [-0.4, -0.2) is 11.1 Å². The largest absolute Gasteiger partial charge is 0.380 e. The highest BCUT2D eigenvalue weighted by Crippen LogP contribution is 2.49. The van der Waals surface area contributed by atoms with E-state index in [2.05, 4.69) is 46.0 Å². The zero-order valence-corrected chi connectivity index (χ0v) is 17.2. The molecule has 2 aromatic heterocycles. The number of benzene rings is 1. The Hall–Kier alpha value is -1.40. The van der Waals surface area contributed by atoms with Crippen molar-refractivity contribution in [2.24, 2.45) is 0 Å². The van der Waals surface area contributed by atoms with E-state index in [4.69, 9.17) is 16.3 Å². The fourth-order valence-electron chi connectivity index (χ4n) is 4.33. The third kappa shape index (κ3) is 3.42. The average molecular weight is 417 g/mol. The number of aromatic nitrogens is 1. The van der Waals surface area contributed by atoms with E-state index in [0.29, 0.717) is 16.5 Å². The fraction of sp³-hybridized carbons (Fsp3) is 0.381. The fourth-order valence-corrected chi connectivity index (χ4v) is 6.37. The normalized spacial score (nSPS) is 24.3. The zero-order valence-electron chi connectivity index (χ0n) is 14.9. The summed E-state index contributed by atoms with van der Waals surface area (Å²) in [5, 5.41) is 5.80. The van der Waals surface area contributed by atoms with Crippen molar-refractivity contribution in [1.29, 1.82) is 0 Å². The molecule has 1 aromatic carbocycles. The molecule has 140 valence electrons. The van der Waals surface area contributed by atoms with E-state index in [9.17, 15) is 0 Å². The van der Waals surface area contributed by atoms with Gasteiger partial charge in [-0.25, -0.2) is 4.98 Å². The summed E-state index contributed by atoms with van der Waals surface area (Å²) < 4.78 is 7.28. The van der Waals surface area contributed by atoms with Gasteiger partial charge in [-0.2, -0.15) is 0 Å². The number of ether oxygens (including phenoxy) is 1. The van der Waals surface area contributed by atoms with Gasteiger partial charge in [0.2, 0.25) is 0 Å². The molecule has 0 radical (unpaired) electrons. The van der Waals surface area contributed by atoms with E-state index in [1.165, 1.54) is 48.1 Å². The molecule has 1 fully saturated rings. The highest BCUT2D eigenvalue weighted by Gasteiger charge is 2.39. The minimum absolute atomic E-state index is 0.0133. The highest BCUT2D eigenvalue weighted by molar-refractivity contribution is 7.15. The first kappa shape index (κ1) is 17.7. The van der Waals surface area contributed by atoms with Crippen LogP contribution in [0.5, 0.6) is 0 Å². The minimum Gasteiger partial charge on any atom is -0.380 e. The van der Waals surface area contributed by atoms with Crippen molar-refractivity contribution in [3.8, 4) is 0 Å². The molecule has 0 amide bonds. The van der Waals surface area contributed by atoms with E-state index >= 15 is 0 Å². The minimum atomic E-state index is 0.0133. The summed E-state index contributed by atoms with van der Waals surface area (Å²) in [5.41, 5.74) is 3.70. The van der Waals surface area contributed by atoms with Crippen LogP contribution in [0.4, 0.5) is 5.69 Å². The van der Waals surface area contributed by atoms with Crippen LogP contribution in [0.25, 0.3) is 0 Å². The molecule has 3 atom stereocenters. The Kier molecular flexibility index (Phi) is 4.94. The summed E-state index contributed by atoms with van der Waals surface area (Å²) in [4.78, 5) is 6.80. The van der Waals surface area contributed by atoms with Crippen LogP contribution in [0.3, 0.4) is 0 Å². The van der Waals surface area contributed by atoms with Gasteiger partial charge in [-0.1, -0.05) is 42.6 Å². The SMILES string of the molecule is Clc1ncc(CNc2ccccc2C2OC3CCCCC3c3sccc32)s1. The summed E-state index contributed by atoms with van der Waals surface area (Å²) in [6.07, 6.45) is 7.23. The monoisotopic (exact) mass is 416 g/mol. The topological polar surface area (TPSA) is 34.2 Å². The number of thiophene rings is 1. The quantitative estimate of drug-likeness (QED) is 0.519. The second kappa shape index (κ2) is 7.55. The number of hydrogen-bond acceptors (Lipinski definition) is 5. The molecule has 1 N–H and O–H groups in total. The molecule has 6 heteroatoms. The Morgan fingerprint density at radius 2 is 2.04 bits per heavy atom. The number of anilines is 1. The molecule has 3 nitrogen and oxygen atoms in total. The van der Waals surface area contributed by atoms with Gasteiger partial charge in [0.15, 0.2) is 4.47 Å². The Bertz CT molecular complexity index is 938. The average Bonchev–Trinajstić information content (AvgIpc) is 3.35. The molecule has 0 saturated heterocycles. The van der Waals surface area contributed by atoms with Gasteiger partial charge in [-0.05, 0) is 35.9 Å². The van der Waals surface area contributed by atoms with Crippen molar-refractivity contribution in [3.05, 3.63) is 67.3 Å². The van der Waals surface area contributed by atoms with Gasteiger partial charge in [0.1, 0.15) is 6.10 Å². The van der Waals surface area contributed by atoms with Gasteiger partial charge in [0.25, 0.3) is 0 Å². The number of halogens is 1. The van der Waals surface area contributed by atoms with Crippen molar-refractivity contribution in [2.45, 2.75) is 50.4 Å². The van der Waals surface area contributed by atoms with E-state index in [1.54, 1.807) is 4.88 Å². The molecule has 3 heterocycles. The van der Waals surface area contributed by atoms with Crippen LogP contribution in [0, 0.1) is 0 Å². The summed E-state index contributed by atoms with van der Waals surface area (Å²) >= 11 is 9.39. The molecule has 27 heavy (non-hydrogen) atoms. The highest BCUT2D eigenvalue weighted by atomic mass is 35.5. The predicted octanol–water partition coefficient (Wildman–Crippen LogP) is 6.62.